The second-order valence-electron chi connectivity index (χ2n) is 6.10. The van der Waals surface area contributed by atoms with E-state index in [1.807, 2.05) is 6.07 Å². The predicted octanol–water partition coefficient (Wildman–Crippen LogP) is 3.97. The average Bonchev–Trinajstić information content (AvgIpc) is 3.52. The van der Waals surface area contributed by atoms with E-state index in [4.69, 9.17) is 14.2 Å². The molecule has 126 valence electrons. The van der Waals surface area contributed by atoms with Crippen molar-refractivity contribution < 1.29 is 14.2 Å². The number of hydrogen-bond acceptors (Lipinski definition) is 3. The van der Waals surface area contributed by atoms with E-state index < -0.39 is 0 Å². The first-order valence-electron chi connectivity index (χ1n) is 8.40. The van der Waals surface area contributed by atoms with Gasteiger partial charge in [0.1, 0.15) is 12.2 Å². The molecule has 2 aromatic rings. The molecule has 0 aliphatic carbocycles. The first-order chi connectivity index (χ1) is 11.8. The quantitative estimate of drug-likeness (QED) is 0.596. The fourth-order valence-corrected chi connectivity index (χ4v) is 2.09. The van der Waals surface area contributed by atoms with E-state index in [0.717, 1.165) is 26.4 Å². The summed E-state index contributed by atoms with van der Waals surface area (Å²) in [6.07, 6.45) is 5.05. The summed E-state index contributed by atoms with van der Waals surface area (Å²) >= 11 is 0. The maximum atomic E-state index is 5.23. The molecule has 2 aliphatic rings. The van der Waals surface area contributed by atoms with Crippen molar-refractivity contribution in [2.45, 2.75) is 19.1 Å². The first kappa shape index (κ1) is 16.9. The fourth-order valence-electron chi connectivity index (χ4n) is 2.09. The second kappa shape index (κ2) is 8.78. The lowest BCUT2D eigenvalue weighted by molar-refractivity contribution is 0.102. The van der Waals surface area contributed by atoms with Crippen molar-refractivity contribution in [1.82, 2.24) is 0 Å². The minimum Gasteiger partial charge on any atom is -0.376 e. The van der Waals surface area contributed by atoms with Crippen LogP contribution in [0.1, 0.15) is 16.7 Å². The molecule has 3 heteroatoms. The number of aryl methyl sites for hydroxylation is 1. The van der Waals surface area contributed by atoms with Crippen LogP contribution in [-0.4, -0.2) is 38.6 Å². The molecule has 2 unspecified atom stereocenters. The molecule has 0 N–H and O–H groups in total. The third-order valence-electron chi connectivity index (χ3n) is 3.76. The van der Waals surface area contributed by atoms with Gasteiger partial charge in [0.15, 0.2) is 0 Å². The smallest absolute Gasteiger partial charge is 0.104 e. The van der Waals surface area contributed by atoms with Crippen LogP contribution < -0.4 is 0 Å². The molecule has 24 heavy (non-hydrogen) atoms. The van der Waals surface area contributed by atoms with Gasteiger partial charge in [0.2, 0.25) is 0 Å². The number of hydrogen-bond donors (Lipinski definition) is 0. The van der Waals surface area contributed by atoms with Gasteiger partial charge < -0.3 is 14.2 Å². The van der Waals surface area contributed by atoms with Gasteiger partial charge in [0, 0.05) is 0 Å². The molecule has 0 aromatic heterocycles. The topological polar surface area (TPSA) is 34.3 Å². The van der Waals surface area contributed by atoms with E-state index >= 15 is 0 Å². The Balaban J connectivity index is 0.000000159. The van der Waals surface area contributed by atoms with Crippen molar-refractivity contribution in [2.24, 2.45) is 0 Å². The van der Waals surface area contributed by atoms with Gasteiger partial charge in [-0.05, 0) is 18.1 Å². The highest BCUT2D eigenvalue weighted by atomic mass is 16.6. The highest BCUT2D eigenvalue weighted by Gasteiger charge is 2.26. The van der Waals surface area contributed by atoms with Gasteiger partial charge in [0.05, 0.1) is 26.4 Å². The molecule has 0 radical (unpaired) electrons. The van der Waals surface area contributed by atoms with Gasteiger partial charge in [-0.15, -0.1) is 0 Å². The molecular formula is C21H24O3. The summed E-state index contributed by atoms with van der Waals surface area (Å²) in [6, 6.07) is 18.9. The van der Waals surface area contributed by atoms with E-state index in [2.05, 4.69) is 67.6 Å². The van der Waals surface area contributed by atoms with E-state index in [1.54, 1.807) is 0 Å². The maximum absolute atomic E-state index is 5.23. The van der Waals surface area contributed by atoms with E-state index in [-0.39, 0.29) is 0 Å². The Morgan fingerprint density at radius 1 is 0.833 bits per heavy atom. The Hall–Kier alpha value is -1.94. The van der Waals surface area contributed by atoms with Crippen molar-refractivity contribution in [2.75, 3.05) is 26.4 Å². The standard InChI is InChI=1S/C15H14.C6H10O3/c1-13-7-9-15(10-8-13)12-11-14-5-3-2-4-6-14;1(5-3-8-5)7-2-6-4-9-6/h2-12H,1H3;5-6H,1-4H2. The monoisotopic (exact) mass is 324 g/mol. The third-order valence-corrected chi connectivity index (χ3v) is 3.76. The summed E-state index contributed by atoms with van der Waals surface area (Å²) in [5.74, 6) is 0. The summed E-state index contributed by atoms with van der Waals surface area (Å²) in [5, 5.41) is 0. The van der Waals surface area contributed by atoms with Crippen LogP contribution in [0, 0.1) is 6.92 Å². The summed E-state index contributed by atoms with van der Waals surface area (Å²) in [4.78, 5) is 0. The first-order valence-corrected chi connectivity index (χ1v) is 8.40. The zero-order valence-corrected chi connectivity index (χ0v) is 14.1. The molecule has 2 aromatic carbocycles. The van der Waals surface area contributed by atoms with E-state index in [0.29, 0.717) is 12.2 Å². The molecule has 0 saturated carbocycles. The molecule has 2 fully saturated rings. The van der Waals surface area contributed by atoms with Gasteiger partial charge in [-0.1, -0.05) is 72.3 Å². The van der Waals surface area contributed by atoms with Crippen molar-refractivity contribution in [3.8, 4) is 0 Å². The van der Waals surface area contributed by atoms with Crippen LogP contribution >= 0.6 is 0 Å². The molecule has 3 nitrogen and oxygen atoms in total. The van der Waals surface area contributed by atoms with Crippen LogP contribution in [0.15, 0.2) is 54.6 Å². The number of benzene rings is 2. The van der Waals surface area contributed by atoms with Gasteiger partial charge in [-0.2, -0.15) is 0 Å². The minimum absolute atomic E-state index is 0.392. The Morgan fingerprint density at radius 2 is 1.33 bits per heavy atom. The lowest BCUT2D eigenvalue weighted by Crippen LogP contribution is -2.06. The Labute approximate surface area is 143 Å². The largest absolute Gasteiger partial charge is 0.376 e. The Kier molecular flexibility index (Phi) is 6.19. The molecule has 2 saturated heterocycles. The highest BCUT2D eigenvalue weighted by Crippen LogP contribution is 2.12. The van der Waals surface area contributed by atoms with Gasteiger partial charge in [0.25, 0.3) is 0 Å². The van der Waals surface area contributed by atoms with Crippen LogP contribution in [0.2, 0.25) is 0 Å². The van der Waals surface area contributed by atoms with Crippen molar-refractivity contribution >= 4 is 12.2 Å². The molecule has 0 bridgehead atoms. The molecule has 0 amide bonds. The normalized spacial score (nSPS) is 21.2. The van der Waals surface area contributed by atoms with Crippen molar-refractivity contribution in [3.63, 3.8) is 0 Å². The summed E-state index contributed by atoms with van der Waals surface area (Å²) in [7, 11) is 0. The molecule has 0 spiro atoms. The zero-order chi connectivity index (χ0) is 16.6. The van der Waals surface area contributed by atoms with Crippen LogP contribution in [0.4, 0.5) is 0 Å². The predicted molar refractivity (Wildman–Crippen MR) is 96.8 cm³/mol. The van der Waals surface area contributed by atoms with E-state index in [9.17, 15) is 0 Å². The minimum atomic E-state index is 0.392. The highest BCUT2D eigenvalue weighted by molar-refractivity contribution is 5.69. The van der Waals surface area contributed by atoms with Gasteiger partial charge in [-0.3, -0.25) is 0 Å². The van der Waals surface area contributed by atoms with E-state index in [1.165, 1.54) is 16.7 Å². The summed E-state index contributed by atoms with van der Waals surface area (Å²) < 4.78 is 15.1. The third kappa shape index (κ3) is 6.67. The zero-order valence-electron chi connectivity index (χ0n) is 14.1. The van der Waals surface area contributed by atoms with Crippen LogP contribution in [0.5, 0.6) is 0 Å². The average molecular weight is 324 g/mol. The summed E-state index contributed by atoms with van der Waals surface area (Å²) in [6.45, 7) is 5.36. The molecule has 4 rings (SSSR count). The summed E-state index contributed by atoms with van der Waals surface area (Å²) in [5.41, 5.74) is 3.77. The maximum Gasteiger partial charge on any atom is 0.104 e. The fraction of sp³-hybridized carbons (Fsp3) is 0.333. The van der Waals surface area contributed by atoms with Crippen LogP contribution in [0.25, 0.3) is 12.2 Å². The van der Waals surface area contributed by atoms with Crippen LogP contribution in [-0.2, 0) is 14.2 Å². The number of rotatable bonds is 6. The Morgan fingerprint density at radius 3 is 1.83 bits per heavy atom. The SMILES string of the molecule is C(OCC1CO1)C1CO1.Cc1ccc(C=Cc2ccccc2)cc1. The molecule has 2 aliphatic heterocycles. The van der Waals surface area contributed by atoms with Gasteiger partial charge >= 0.3 is 0 Å². The lowest BCUT2D eigenvalue weighted by Gasteiger charge is -1.95. The van der Waals surface area contributed by atoms with Crippen molar-refractivity contribution in [3.05, 3.63) is 71.3 Å². The second-order valence-corrected chi connectivity index (χ2v) is 6.10. The van der Waals surface area contributed by atoms with Gasteiger partial charge in [-0.25, -0.2) is 0 Å². The molecule has 2 heterocycles. The Bertz CT molecular complexity index is 614. The molecule has 2 atom stereocenters. The lowest BCUT2D eigenvalue weighted by atomic mass is 10.1. The van der Waals surface area contributed by atoms with Crippen LogP contribution in [0.3, 0.4) is 0 Å². The van der Waals surface area contributed by atoms with Crippen molar-refractivity contribution in [1.29, 1.82) is 0 Å². The molecular weight excluding hydrogens is 300 g/mol. The number of epoxide rings is 2. The number of ether oxygens (including phenoxy) is 3.